The Morgan fingerprint density at radius 2 is 2.33 bits per heavy atom. The van der Waals surface area contributed by atoms with E-state index in [4.69, 9.17) is 0 Å². The highest BCUT2D eigenvalue weighted by atomic mass is 32.1. The van der Waals surface area contributed by atoms with Gasteiger partial charge in [-0.25, -0.2) is 9.78 Å². The number of hydrogen-bond donors (Lipinski definition) is 1. The van der Waals surface area contributed by atoms with Crippen molar-refractivity contribution in [3.05, 3.63) is 56.0 Å². The van der Waals surface area contributed by atoms with Crippen LogP contribution in [0.5, 0.6) is 0 Å². The number of fused-ring (bicyclic) bond motifs is 1. The van der Waals surface area contributed by atoms with Gasteiger partial charge in [0, 0.05) is 36.8 Å². The molecule has 1 unspecified atom stereocenters. The summed E-state index contributed by atoms with van der Waals surface area (Å²) in [5, 5.41) is 16.7. The van der Waals surface area contributed by atoms with Crippen LogP contribution >= 0.6 is 11.3 Å². The van der Waals surface area contributed by atoms with Crippen molar-refractivity contribution in [1.82, 2.24) is 15.2 Å². The molecule has 7 nitrogen and oxygen atoms in total. The number of carbonyl (C=O) groups is 1. The molecule has 1 aliphatic heterocycles. The first-order valence-electron chi connectivity index (χ1n) is 7.79. The van der Waals surface area contributed by atoms with Gasteiger partial charge in [0.2, 0.25) is 0 Å². The van der Waals surface area contributed by atoms with E-state index in [0.717, 1.165) is 22.6 Å². The minimum atomic E-state index is -0.408. The van der Waals surface area contributed by atoms with Gasteiger partial charge in [-0.05, 0) is 24.0 Å². The molecular weight excluding hydrogens is 328 g/mol. The minimum Gasteiger partial charge on any atom is -0.329 e. The molecular formula is C16H18N4O3S. The number of nitrogens with one attached hydrogen (secondary N) is 1. The van der Waals surface area contributed by atoms with Crippen LogP contribution in [0.25, 0.3) is 0 Å². The maximum Gasteiger partial charge on any atom is 0.318 e. The van der Waals surface area contributed by atoms with E-state index in [1.807, 2.05) is 12.3 Å². The van der Waals surface area contributed by atoms with E-state index in [1.165, 1.54) is 17.4 Å². The summed E-state index contributed by atoms with van der Waals surface area (Å²) in [4.78, 5) is 29.0. The SMILES string of the molecule is CCC(NC(=O)N1CCc2ccc([N+](=O)[O-])cc2C1)c1nccs1. The van der Waals surface area contributed by atoms with Gasteiger partial charge in [0.05, 0.1) is 11.0 Å². The lowest BCUT2D eigenvalue weighted by Gasteiger charge is -2.30. The molecule has 1 aliphatic rings. The molecule has 1 aromatic carbocycles. The van der Waals surface area contributed by atoms with Crippen LogP contribution in [0.15, 0.2) is 29.8 Å². The summed E-state index contributed by atoms with van der Waals surface area (Å²) in [6.45, 7) is 2.99. The number of urea groups is 1. The molecule has 24 heavy (non-hydrogen) atoms. The molecule has 0 fully saturated rings. The van der Waals surface area contributed by atoms with E-state index < -0.39 is 4.92 Å². The lowest BCUT2D eigenvalue weighted by molar-refractivity contribution is -0.385. The Kier molecular flexibility index (Phi) is 4.75. The molecule has 1 aromatic heterocycles. The standard InChI is InChI=1S/C16H18N4O3S/c1-2-14(15-17-6-8-24-15)18-16(21)19-7-5-11-3-4-13(20(22)23)9-12(11)10-19/h3-4,6,8-9,14H,2,5,7,10H2,1H3,(H,18,21). The molecule has 2 aromatic rings. The largest absolute Gasteiger partial charge is 0.329 e. The topological polar surface area (TPSA) is 88.4 Å². The molecule has 1 N–H and O–H groups in total. The van der Waals surface area contributed by atoms with E-state index in [0.29, 0.717) is 19.5 Å². The molecule has 0 bridgehead atoms. The highest BCUT2D eigenvalue weighted by Gasteiger charge is 2.24. The Morgan fingerprint density at radius 1 is 1.50 bits per heavy atom. The van der Waals surface area contributed by atoms with E-state index >= 15 is 0 Å². The highest BCUT2D eigenvalue weighted by Crippen LogP contribution is 2.25. The average molecular weight is 346 g/mol. The van der Waals surface area contributed by atoms with Crippen LogP contribution in [-0.4, -0.2) is 27.4 Å². The molecule has 2 amide bonds. The molecule has 0 aliphatic carbocycles. The van der Waals surface area contributed by atoms with Crippen molar-refractivity contribution in [1.29, 1.82) is 0 Å². The summed E-state index contributed by atoms with van der Waals surface area (Å²) in [5.74, 6) is 0. The fourth-order valence-electron chi connectivity index (χ4n) is 2.82. The van der Waals surface area contributed by atoms with Crippen LogP contribution in [-0.2, 0) is 13.0 Å². The fraction of sp³-hybridized carbons (Fsp3) is 0.375. The van der Waals surface area contributed by atoms with Crippen molar-refractivity contribution >= 4 is 23.1 Å². The normalized spacial score (nSPS) is 14.8. The molecule has 126 valence electrons. The van der Waals surface area contributed by atoms with Gasteiger partial charge in [-0.1, -0.05) is 13.0 Å². The van der Waals surface area contributed by atoms with Crippen molar-refractivity contribution in [3.63, 3.8) is 0 Å². The Balaban J connectivity index is 1.71. The third-order valence-electron chi connectivity index (χ3n) is 4.16. The van der Waals surface area contributed by atoms with E-state index in [1.54, 1.807) is 23.2 Å². The second-order valence-corrected chi connectivity index (χ2v) is 6.59. The number of nitrogens with zero attached hydrogens (tertiary/aromatic N) is 3. The average Bonchev–Trinajstić information content (AvgIpc) is 3.12. The van der Waals surface area contributed by atoms with Crippen LogP contribution in [0.1, 0.15) is 35.5 Å². The summed E-state index contributed by atoms with van der Waals surface area (Å²) in [7, 11) is 0. The number of aromatic nitrogens is 1. The van der Waals surface area contributed by atoms with Crippen molar-refractivity contribution in [3.8, 4) is 0 Å². The second-order valence-electron chi connectivity index (χ2n) is 5.66. The number of nitro groups is 1. The van der Waals surface area contributed by atoms with E-state index in [-0.39, 0.29) is 17.8 Å². The van der Waals surface area contributed by atoms with Gasteiger partial charge in [-0.15, -0.1) is 11.3 Å². The van der Waals surface area contributed by atoms with Crippen molar-refractivity contribution in [2.45, 2.75) is 32.4 Å². The maximum atomic E-state index is 12.5. The molecule has 3 rings (SSSR count). The Labute approximate surface area is 143 Å². The van der Waals surface area contributed by atoms with Gasteiger partial charge < -0.3 is 10.2 Å². The third-order valence-corrected chi connectivity index (χ3v) is 5.04. The number of amides is 2. The Hall–Kier alpha value is -2.48. The predicted molar refractivity (Wildman–Crippen MR) is 90.9 cm³/mol. The first-order chi connectivity index (χ1) is 11.6. The molecule has 0 spiro atoms. The number of carbonyl (C=O) groups excluding carboxylic acids is 1. The number of non-ortho nitro benzene ring substituents is 1. The van der Waals surface area contributed by atoms with Crippen LogP contribution in [0.3, 0.4) is 0 Å². The number of benzene rings is 1. The van der Waals surface area contributed by atoms with Crippen molar-refractivity contribution in [2.75, 3.05) is 6.54 Å². The van der Waals surface area contributed by atoms with Gasteiger partial charge in [0.1, 0.15) is 5.01 Å². The van der Waals surface area contributed by atoms with Crippen molar-refractivity contribution < 1.29 is 9.72 Å². The summed E-state index contributed by atoms with van der Waals surface area (Å²) in [5.41, 5.74) is 1.97. The second kappa shape index (κ2) is 6.96. The first-order valence-corrected chi connectivity index (χ1v) is 8.67. The smallest absolute Gasteiger partial charge is 0.318 e. The fourth-order valence-corrected chi connectivity index (χ4v) is 3.59. The monoisotopic (exact) mass is 346 g/mol. The predicted octanol–water partition coefficient (Wildman–Crippen LogP) is 3.27. The number of nitro benzene ring substituents is 1. The van der Waals surface area contributed by atoms with Gasteiger partial charge in [-0.3, -0.25) is 10.1 Å². The quantitative estimate of drug-likeness (QED) is 0.680. The van der Waals surface area contributed by atoms with Crippen LogP contribution in [0.2, 0.25) is 0 Å². The summed E-state index contributed by atoms with van der Waals surface area (Å²) in [6.07, 6.45) is 3.19. The Bertz CT molecular complexity index is 748. The van der Waals surface area contributed by atoms with Gasteiger partial charge in [-0.2, -0.15) is 0 Å². The summed E-state index contributed by atoms with van der Waals surface area (Å²) < 4.78 is 0. The van der Waals surface area contributed by atoms with Gasteiger partial charge in [0.15, 0.2) is 0 Å². The van der Waals surface area contributed by atoms with E-state index in [9.17, 15) is 14.9 Å². The minimum absolute atomic E-state index is 0.0604. The molecule has 0 saturated carbocycles. The zero-order valence-corrected chi connectivity index (χ0v) is 14.1. The van der Waals surface area contributed by atoms with Crippen LogP contribution < -0.4 is 5.32 Å². The number of rotatable bonds is 4. The Morgan fingerprint density at radius 3 is 3.00 bits per heavy atom. The van der Waals surface area contributed by atoms with Gasteiger partial charge in [0.25, 0.3) is 5.69 Å². The molecule has 1 atom stereocenters. The third kappa shape index (κ3) is 3.38. The number of thiazole rings is 1. The highest BCUT2D eigenvalue weighted by molar-refractivity contribution is 7.09. The molecule has 0 saturated heterocycles. The zero-order chi connectivity index (χ0) is 17.1. The molecule has 0 radical (unpaired) electrons. The first kappa shape index (κ1) is 16.4. The van der Waals surface area contributed by atoms with Crippen LogP contribution in [0, 0.1) is 10.1 Å². The number of hydrogen-bond acceptors (Lipinski definition) is 5. The van der Waals surface area contributed by atoms with Crippen molar-refractivity contribution in [2.24, 2.45) is 0 Å². The lowest BCUT2D eigenvalue weighted by Crippen LogP contribution is -2.44. The lowest BCUT2D eigenvalue weighted by atomic mass is 9.99. The maximum absolute atomic E-state index is 12.5. The molecule has 2 heterocycles. The molecule has 8 heteroatoms. The zero-order valence-electron chi connectivity index (χ0n) is 13.3. The van der Waals surface area contributed by atoms with Crippen LogP contribution in [0.4, 0.5) is 10.5 Å². The van der Waals surface area contributed by atoms with Gasteiger partial charge >= 0.3 is 6.03 Å². The summed E-state index contributed by atoms with van der Waals surface area (Å²) >= 11 is 1.52. The summed E-state index contributed by atoms with van der Waals surface area (Å²) in [6, 6.07) is 4.60. The van der Waals surface area contributed by atoms with E-state index in [2.05, 4.69) is 10.3 Å².